The van der Waals surface area contributed by atoms with Gasteiger partial charge in [0.1, 0.15) is 5.75 Å². The van der Waals surface area contributed by atoms with Gasteiger partial charge in [0, 0.05) is 6.04 Å². The molecule has 3 aliphatic rings. The largest absolute Gasteiger partial charge is 0.479 e. The molecule has 2 aliphatic carbocycles. The number of rotatable bonds is 6. The van der Waals surface area contributed by atoms with E-state index in [4.69, 9.17) is 14.8 Å². The molecule has 7 heteroatoms. The van der Waals surface area contributed by atoms with Crippen molar-refractivity contribution < 1.29 is 19.4 Å². The van der Waals surface area contributed by atoms with Crippen molar-refractivity contribution in [3.8, 4) is 5.75 Å². The zero-order chi connectivity index (χ0) is 22.5. The van der Waals surface area contributed by atoms with E-state index in [0.29, 0.717) is 16.7 Å². The highest BCUT2D eigenvalue weighted by atomic mass is 32.2. The first-order valence-corrected chi connectivity index (χ1v) is 12.6. The quantitative estimate of drug-likeness (QED) is 0.574. The van der Waals surface area contributed by atoms with Crippen molar-refractivity contribution in [3.05, 3.63) is 34.7 Å². The normalized spacial score (nSPS) is 24.3. The van der Waals surface area contributed by atoms with Gasteiger partial charge >= 0.3 is 5.97 Å². The maximum absolute atomic E-state index is 13.4. The van der Waals surface area contributed by atoms with Crippen LogP contribution in [0.15, 0.2) is 34.2 Å². The smallest absolute Gasteiger partial charge is 0.344 e. The molecule has 3 fully saturated rings. The Morgan fingerprint density at radius 3 is 2.34 bits per heavy atom. The molecule has 1 aromatic carbocycles. The minimum Gasteiger partial charge on any atom is -0.479 e. The first-order chi connectivity index (χ1) is 15.5. The summed E-state index contributed by atoms with van der Waals surface area (Å²) in [7, 11) is 0. The number of ether oxygens (including phenoxy) is 1. The molecule has 172 valence electrons. The lowest BCUT2D eigenvalue weighted by molar-refractivity contribution is -0.144. The summed E-state index contributed by atoms with van der Waals surface area (Å²) in [6.07, 6.45) is 12.7. The van der Waals surface area contributed by atoms with E-state index in [0.717, 1.165) is 36.4 Å². The summed E-state index contributed by atoms with van der Waals surface area (Å²) in [6, 6.07) is 7.78. The van der Waals surface area contributed by atoms with Crippen LogP contribution in [0.5, 0.6) is 5.75 Å². The van der Waals surface area contributed by atoms with Crippen LogP contribution in [0.1, 0.15) is 76.7 Å². The van der Waals surface area contributed by atoms with Crippen LogP contribution in [0.25, 0.3) is 6.08 Å². The highest BCUT2D eigenvalue weighted by Gasteiger charge is 2.39. The number of thioether (sulfide) groups is 1. The van der Waals surface area contributed by atoms with E-state index < -0.39 is 12.1 Å². The number of amidine groups is 1. The van der Waals surface area contributed by atoms with Gasteiger partial charge < -0.3 is 9.84 Å². The molecular weight excluding hydrogens is 424 g/mol. The number of carbonyl (C=O) groups is 2. The maximum atomic E-state index is 13.4. The average Bonchev–Trinajstić information content (AvgIpc) is 3.10. The predicted molar refractivity (Wildman–Crippen MR) is 128 cm³/mol. The molecule has 1 saturated heterocycles. The summed E-state index contributed by atoms with van der Waals surface area (Å²) >= 11 is 1.51. The van der Waals surface area contributed by atoms with Crippen LogP contribution in [0.3, 0.4) is 0 Å². The number of aliphatic carboxylic acids is 1. The third-order valence-electron chi connectivity index (χ3n) is 6.48. The molecule has 1 N–H and O–H groups in total. The Morgan fingerprint density at radius 1 is 1.09 bits per heavy atom. The minimum absolute atomic E-state index is 0.0660. The van der Waals surface area contributed by atoms with Crippen molar-refractivity contribution in [1.29, 1.82) is 0 Å². The van der Waals surface area contributed by atoms with Crippen molar-refractivity contribution in [1.82, 2.24) is 4.90 Å². The molecular formula is C25H32N2O4S. The first-order valence-electron chi connectivity index (χ1n) is 11.8. The van der Waals surface area contributed by atoms with Crippen LogP contribution >= 0.6 is 11.8 Å². The summed E-state index contributed by atoms with van der Waals surface area (Å²) in [6.45, 7) is 1.50. The van der Waals surface area contributed by atoms with E-state index in [1.807, 2.05) is 23.1 Å². The number of aliphatic imine (C=N–C) groups is 1. The molecule has 0 aromatic heterocycles. The zero-order valence-corrected chi connectivity index (χ0v) is 19.5. The number of amides is 1. The summed E-state index contributed by atoms with van der Waals surface area (Å²) in [4.78, 5) is 32.1. The van der Waals surface area contributed by atoms with E-state index in [1.54, 1.807) is 12.1 Å². The molecule has 0 bridgehead atoms. The Bertz CT molecular complexity index is 884. The van der Waals surface area contributed by atoms with Gasteiger partial charge in [-0.3, -0.25) is 14.7 Å². The van der Waals surface area contributed by atoms with Gasteiger partial charge in [-0.05, 0) is 68.1 Å². The second kappa shape index (κ2) is 10.6. The van der Waals surface area contributed by atoms with Gasteiger partial charge in [-0.2, -0.15) is 0 Å². The van der Waals surface area contributed by atoms with Gasteiger partial charge in [-0.25, -0.2) is 4.79 Å². The Hall–Kier alpha value is -2.28. The topological polar surface area (TPSA) is 79.2 Å². The van der Waals surface area contributed by atoms with Crippen molar-refractivity contribution >= 4 is 34.9 Å². The fourth-order valence-electron chi connectivity index (χ4n) is 4.65. The van der Waals surface area contributed by atoms with Crippen LogP contribution in [0, 0.1) is 0 Å². The monoisotopic (exact) mass is 456 g/mol. The molecule has 4 rings (SSSR count). The summed E-state index contributed by atoms with van der Waals surface area (Å²) in [5, 5.41) is 9.89. The molecule has 1 amide bonds. The Balaban J connectivity index is 1.54. The number of hydrogen-bond acceptors (Lipinski definition) is 5. The highest BCUT2D eigenvalue weighted by molar-refractivity contribution is 8.18. The van der Waals surface area contributed by atoms with Gasteiger partial charge in [0.25, 0.3) is 5.91 Å². The van der Waals surface area contributed by atoms with E-state index in [1.165, 1.54) is 57.2 Å². The lowest BCUT2D eigenvalue weighted by atomic mass is 9.94. The number of carboxylic acid groups (broad SMARTS) is 1. The Morgan fingerprint density at radius 2 is 1.72 bits per heavy atom. The maximum Gasteiger partial charge on any atom is 0.344 e. The molecule has 6 nitrogen and oxygen atoms in total. The summed E-state index contributed by atoms with van der Waals surface area (Å²) in [5.74, 6) is -0.441. The van der Waals surface area contributed by atoms with Gasteiger partial charge in [0.2, 0.25) is 0 Å². The number of carboxylic acids is 1. The van der Waals surface area contributed by atoms with Crippen molar-refractivity contribution in [3.63, 3.8) is 0 Å². The third kappa shape index (κ3) is 5.55. The number of hydrogen-bond donors (Lipinski definition) is 1. The fourth-order valence-corrected chi connectivity index (χ4v) is 5.76. The molecule has 32 heavy (non-hydrogen) atoms. The van der Waals surface area contributed by atoms with Crippen molar-refractivity contribution in [2.75, 3.05) is 0 Å². The summed E-state index contributed by atoms with van der Waals surface area (Å²) < 4.78 is 5.40. The highest BCUT2D eigenvalue weighted by Crippen LogP contribution is 2.38. The Labute approximate surface area is 194 Å². The van der Waals surface area contributed by atoms with E-state index in [9.17, 15) is 9.59 Å². The van der Waals surface area contributed by atoms with E-state index in [-0.39, 0.29) is 11.9 Å². The van der Waals surface area contributed by atoms with Gasteiger partial charge in [-0.1, -0.05) is 50.7 Å². The average molecular weight is 457 g/mol. The van der Waals surface area contributed by atoms with Gasteiger partial charge in [-0.15, -0.1) is 0 Å². The molecule has 0 spiro atoms. The van der Waals surface area contributed by atoms with E-state index in [2.05, 4.69) is 0 Å². The van der Waals surface area contributed by atoms with Crippen LogP contribution in [-0.2, 0) is 9.59 Å². The minimum atomic E-state index is -1.00. The Kier molecular flexibility index (Phi) is 7.55. The molecule has 0 unspecified atom stereocenters. The zero-order valence-electron chi connectivity index (χ0n) is 18.7. The molecule has 1 aromatic rings. The fraction of sp³-hybridized carbons (Fsp3) is 0.560. The third-order valence-corrected chi connectivity index (χ3v) is 7.48. The summed E-state index contributed by atoms with van der Waals surface area (Å²) in [5.41, 5.74) is 0.888. The lowest BCUT2D eigenvalue weighted by Gasteiger charge is -2.31. The molecule has 1 atom stereocenters. The number of nitrogens with zero attached hydrogens (tertiary/aromatic N) is 2. The van der Waals surface area contributed by atoms with Gasteiger partial charge in [0.05, 0.1) is 10.9 Å². The molecule has 0 radical (unpaired) electrons. The number of benzene rings is 1. The first kappa shape index (κ1) is 22.9. The molecule has 1 aliphatic heterocycles. The van der Waals surface area contributed by atoms with Crippen LogP contribution in [0.2, 0.25) is 0 Å². The van der Waals surface area contributed by atoms with Crippen molar-refractivity contribution in [2.24, 2.45) is 4.99 Å². The lowest BCUT2D eigenvalue weighted by Crippen LogP contribution is -2.41. The molecule has 1 heterocycles. The van der Waals surface area contributed by atoms with Crippen LogP contribution < -0.4 is 4.74 Å². The van der Waals surface area contributed by atoms with Crippen LogP contribution in [-0.4, -0.2) is 45.2 Å². The predicted octanol–water partition coefficient (Wildman–Crippen LogP) is 5.48. The second-order valence-electron chi connectivity index (χ2n) is 8.95. The number of carbonyl (C=O) groups excluding carboxylic acids is 1. The van der Waals surface area contributed by atoms with Crippen LogP contribution in [0.4, 0.5) is 0 Å². The molecule has 2 saturated carbocycles. The van der Waals surface area contributed by atoms with Gasteiger partial charge in [0.15, 0.2) is 11.3 Å². The second-order valence-corrected chi connectivity index (χ2v) is 9.96. The SMILES string of the molecule is C[C@@H](Oc1ccc(/C=C2\SC(=NC3CCCCC3)N(C3CCCCC3)C2=O)cc1)C(=O)O. The standard InChI is InChI=1S/C25H32N2O4S/c1-17(24(29)30)31-21-14-12-18(13-15-21)16-22-23(28)27(20-10-6-3-7-11-20)25(32-22)26-19-8-4-2-5-9-19/h12-17,19-20H,2-11H2,1H3,(H,29,30)/b22-16-,26-25?/t17-/m1/s1. The van der Waals surface area contributed by atoms with E-state index >= 15 is 0 Å². The van der Waals surface area contributed by atoms with Crippen molar-refractivity contribution in [2.45, 2.75) is 89.3 Å².